The maximum atomic E-state index is 11.4. The maximum Gasteiger partial charge on any atom is 0.341 e. The van der Waals surface area contributed by atoms with Crippen LogP contribution in [0.15, 0.2) is 24.3 Å². The van der Waals surface area contributed by atoms with E-state index in [4.69, 9.17) is 20.9 Å². The third-order valence-corrected chi connectivity index (χ3v) is 5.26. The average molecular weight is 384 g/mol. The number of nitrogens with zero attached hydrogens (tertiary/aromatic N) is 2. The number of hydrogen-bond acceptors (Lipinski definition) is 8. The number of anilines is 2. The minimum atomic E-state index is -0.609. The smallest absolute Gasteiger partial charge is 0.341 e. The Balaban J connectivity index is 0.000000161. The van der Waals surface area contributed by atoms with Gasteiger partial charge in [-0.2, -0.15) is 0 Å². The molecular formula is C20H24N4O4. The summed E-state index contributed by atoms with van der Waals surface area (Å²) in [6.45, 7) is 7.60. The Morgan fingerprint density at radius 2 is 1.14 bits per heavy atom. The number of fused-ring (bicyclic) bond motifs is 2. The first-order valence-electron chi connectivity index (χ1n) is 9.14. The fraction of sp³-hybridized carbons (Fsp3) is 0.400. The van der Waals surface area contributed by atoms with Gasteiger partial charge in [0.25, 0.3) is 0 Å². The molecule has 0 saturated carbocycles. The van der Waals surface area contributed by atoms with E-state index < -0.39 is 11.2 Å². The third-order valence-electron chi connectivity index (χ3n) is 5.26. The summed E-state index contributed by atoms with van der Waals surface area (Å²) in [6.07, 6.45) is 1.39. The van der Waals surface area contributed by atoms with E-state index >= 15 is 0 Å². The molecule has 148 valence electrons. The second-order valence-electron chi connectivity index (χ2n) is 7.21. The number of carbonyl (C=O) groups excluding carboxylic acids is 2. The summed E-state index contributed by atoms with van der Waals surface area (Å²) >= 11 is 0. The SMILES string of the molecule is CC[C@@]1(C)OC(=O)c2ccc(N)nc21.CC[C@]1(C)OC(=O)c2ccc(N)nc21. The molecule has 0 amide bonds. The van der Waals surface area contributed by atoms with Crippen LogP contribution in [0.5, 0.6) is 0 Å². The molecule has 0 unspecified atom stereocenters. The number of nitrogens with two attached hydrogens (primary N) is 2. The lowest BCUT2D eigenvalue weighted by atomic mass is 9.97. The van der Waals surface area contributed by atoms with Gasteiger partial charge in [-0.1, -0.05) is 13.8 Å². The standard InChI is InChI=1S/2C10H12N2O2/c2*1-3-10(2)8-6(9(13)14-10)4-5-7(11)12-8/h2*4-5H,3H2,1-2H3,(H2,11,12)/t2*10-/m10/s1. The van der Waals surface area contributed by atoms with Gasteiger partial charge >= 0.3 is 11.9 Å². The summed E-state index contributed by atoms with van der Waals surface area (Å²) in [5.41, 5.74) is 12.3. The van der Waals surface area contributed by atoms with Crippen LogP contribution in [0.2, 0.25) is 0 Å². The first-order valence-corrected chi connectivity index (χ1v) is 9.14. The zero-order valence-corrected chi connectivity index (χ0v) is 16.4. The number of hydrogen-bond donors (Lipinski definition) is 2. The molecule has 2 aliphatic heterocycles. The van der Waals surface area contributed by atoms with E-state index in [0.29, 0.717) is 47.0 Å². The number of aromatic nitrogens is 2. The molecule has 4 rings (SSSR count). The Hall–Kier alpha value is -3.16. The number of ether oxygens (including phenoxy) is 2. The van der Waals surface area contributed by atoms with Crippen LogP contribution in [0.1, 0.15) is 72.6 Å². The number of esters is 2. The van der Waals surface area contributed by atoms with E-state index in [9.17, 15) is 9.59 Å². The van der Waals surface area contributed by atoms with Crippen molar-refractivity contribution in [3.05, 3.63) is 46.8 Å². The number of rotatable bonds is 2. The molecule has 4 heterocycles. The summed E-state index contributed by atoms with van der Waals surface area (Å²) in [7, 11) is 0. The molecule has 28 heavy (non-hydrogen) atoms. The predicted octanol–water partition coefficient (Wildman–Crippen LogP) is 2.92. The van der Waals surface area contributed by atoms with Crippen molar-refractivity contribution in [1.82, 2.24) is 9.97 Å². The number of cyclic esters (lactones) is 2. The lowest BCUT2D eigenvalue weighted by molar-refractivity contribution is -0.00314. The maximum absolute atomic E-state index is 11.4. The molecule has 2 aromatic rings. The van der Waals surface area contributed by atoms with E-state index in [-0.39, 0.29) is 11.9 Å². The van der Waals surface area contributed by atoms with E-state index in [0.717, 1.165) is 0 Å². The molecule has 8 heteroatoms. The summed E-state index contributed by atoms with van der Waals surface area (Å²) in [5, 5.41) is 0. The van der Waals surface area contributed by atoms with Gasteiger partial charge in [0, 0.05) is 0 Å². The Bertz CT molecular complexity index is 884. The van der Waals surface area contributed by atoms with Gasteiger partial charge < -0.3 is 20.9 Å². The number of carbonyl (C=O) groups is 2. The fourth-order valence-corrected chi connectivity index (χ4v) is 3.18. The minimum absolute atomic E-state index is 0.308. The molecular weight excluding hydrogens is 360 g/mol. The summed E-state index contributed by atoms with van der Waals surface area (Å²) in [4.78, 5) is 31.2. The highest BCUT2D eigenvalue weighted by Gasteiger charge is 2.42. The second kappa shape index (κ2) is 6.78. The van der Waals surface area contributed by atoms with Crippen molar-refractivity contribution < 1.29 is 19.1 Å². The Labute approximate surface area is 163 Å². The van der Waals surface area contributed by atoms with Gasteiger partial charge in [0.1, 0.15) is 23.0 Å². The molecule has 4 N–H and O–H groups in total. The lowest BCUT2D eigenvalue weighted by Gasteiger charge is -2.20. The molecule has 0 radical (unpaired) electrons. The quantitative estimate of drug-likeness (QED) is 0.756. The van der Waals surface area contributed by atoms with Crippen molar-refractivity contribution in [2.45, 2.75) is 51.7 Å². The molecule has 0 aromatic carbocycles. The first-order chi connectivity index (χ1) is 13.1. The van der Waals surface area contributed by atoms with Crippen LogP contribution in [0.4, 0.5) is 11.6 Å². The Morgan fingerprint density at radius 3 is 1.46 bits per heavy atom. The van der Waals surface area contributed by atoms with Gasteiger partial charge in [0.05, 0.1) is 11.1 Å². The summed E-state index contributed by atoms with van der Waals surface area (Å²) in [5.74, 6) is 0.220. The summed E-state index contributed by atoms with van der Waals surface area (Å²) < 4.78 is 10.5. The second-order valence-corrected chi connectivity index (χ2v) is 7.21. The molecule has 0 bridgehead atoms. The normalized spacial score (nSPS) is 24.6. The van der Waals surface area contributed by atoms with Crippen LogP contribution in [0.25, 0.3) is 0 Å². The van der Waals surface area contributed by atoms with Crippen LogP contribution >= 0.6 is 0 Å². The van der Waals surface area contributed by atoms with Crippen molar-refractivity contribution in [3.63, 3.8) is 0 Å². The highest BCUT2D eigenvalue weighted by atomic mass is 16.6. The molecule has 0 aliphatic carbocycles. The zero-order valence-electron chi connectivity index (χ0n) is 16.4. The highest BCUT2D eigenvalue weighted by molar-refractivity contribution is 5.94. The Morgan fingerprint density at radius 1 is 0.786 bits per heavy atom. The topological polar surface area (TPSA) is 130 Å². The van der Waals surface area contributed by atoms with Crippen molar-refractivity contribution >= 4 is 23.6 Å². The molecule has 2 aliphatic rings. The van der Waals surface area contributed by atoms with Crippen LogP contribution in [0, 0.1) is 0 Å². The van der Waals surface area contributed by atoms with Gasteiger partial charge in [0.15, 0.2) is 11.2 Å². The fourth-order valence-electron chi connectivity index (χ4n) is 3.18. The molecule has 2 aromatic heterocycles. The van der Waals surface area contributed by atoms with E-state index in [1.165, 1.54) is 0 Å². The number of pyridine rings is 2. The molecule has 0 saturated heterocycles. The van der Waals surface area contributed by atoms with Gasteiger partial charge in [-0.15, -0.1) is 0 Å². The number of nitrogen functional groups attached to an aromatic ring is 2. The van der Waals surface area contributed by atoms with Crippen molar-refractivity contribution in [2.75, 3.05) is 11.5 Å². The largest absolute Gasteiger partial charge is 0.449 e. The molecule has 0 fully saturated rings. The van der Waals surface area contributed by atoms with E-state index in [2.05, 4.69) is 9.97 Å². The van der Waals surface area contributed by atoms with Gasteiger partial charge in [-0.25, -0.2) is 19.6 Å². The van der Waals surface area contributed by atoms with Crippen LogP contribution in [-0.4, -0.2) is 21.9 Å². The van der Waals surface area contributed by atoms with Gasteiger partial charge in [0.2, 0.25) is 0 Å². The minimum Gasteiger partial charge on any atom is -0.449 e. The van der Waals surface area contributed by atoms with Crippen molar-refractivity contribution in [1.29, 1.82) is 0 Å². The highest BCUT2D eigenvalue weighted by Crippen LogP contribution is 2.38. The van der Waals surface area contributed by atoms with E-state index in [1.807, 2.05) is 27.7 Å². The molecule has 0 spiro atoms. The van der Waals surface area contributed by atoms with E-state index in [1.54, 1.807) is 24.3 Å². The lowest BCUT2D eigenvalue weighted by Crippen LogP contribution is -2.21. The monoisotopic (exact) mass is 384 g/mol. The predicted molar refractivity (Wildman–Crippen MR) is 103 cm³/mol. The molecule has 8 nitrogen and oxygen atoms in total. The van der Waals surface area contributed by atoms with Crippen LogP contribution < -0.4 is 11.5 Å². The first kappa shape index (κ1) is 19.6. The van der Waals surface area contributed by atoms with Crippen molar-refractivity contribution in [2.24, 2.45) is 0 Å². The zero-order chi connectivity index (χ0) is 20.7. The average Bonchev–Trinajstić information content (AvgIpc) is 3.06. The van der Waals surface area contributed by atoms with Crippen LogP contribution in [0.3, 0.4) is 0 Å². The molecule has 2 atom stereocenters. The van der Waals surface area contributed by atoms with Gasteiger partial charge in [-0.05, 0) is 51.0 Å². The summed E-state index contributed by atoms with van der Waals surface area (Å²) in [6, 6.07) is 6.56. The third kappa shape index (κ3) is 3.15. The Kier molecular flexibility index (Phi) is 4.74. The van der Waals surface area contributed by atoms with Gasteiger partial charge in [-0.3, -0.25) is 0 Å². The van der Waals surface area contributed by atoms with Crippen molar-refractivity contribution in [3.8, 4) is 0 Å². The van der Waals surface area contributed by atoms with Crippen LogP contribution in [-0.2, 0) is 20.7 Å².